The lowest BCUT2D eigenvalue weighted by Crippen LogP contribution is -2.11. The number of hydrogen-bond donors (Lipinski definition) is 2. The average molecular weight is 173 g/mol. The molecular weight excluding hydrogens is 170 g/mol. The van der Waals surface area contributed by atoms with Crippen molar-refractivity contribution in [2.75, 3.05) is 0 Å². The van der Waals surface area contributed by atoms with Crippen molar-refractivity contribution in [1.29, 1.82) is 0 Å². The maximum Gasteiger partial charge on any atom is 0.349 e. The summed E-state index contributed by atoms with van der Waals surface area (Å²) in [5.41, 5.74) is -1.34. The van der Waals surface area contributed by atoms with E-state index in [2.05, 4.69) is 22.2 Å². The van der Waals surface area contributed by atoms with Gasteiger partial charge in [-0.05, 0) is 12.2 Å². The standard InChI is InChI=1S/C4H3N3O3S/c8-3-2(7(9)10)1-5-4(11)6-3/h1H,(H2,5,6,8,11). The molecule has 0 amide bonds. The van der Waals surface area contributed by atoms with E-state index in [4.69, 9.17) is 0 Å². The highest BCUT2D eigenvalue weighted by atomic mass is 32.1. The predicted octanol–water partition coefficient (Wildman–Crippen LogP) is 0.341. The van der Waals surface area contributed by atoms with E-state index in [0.717, 1.165) is 6.20 Å². The van der Waals surface area contributed by atoms with Gasteiger partial charge in [-0.2, -0.15) is 0 Å². The number of hydrogen-bond acceptors (Lipinski definition) is 4. The number of aromatic nitrogens is 2. The number of nitrogens with one attached hydrogen (secondary N) is 2. The van der Waals surface area contributed by atoms with Crippen LogP contribution in [0.3, 0.4) is 0 Å². The Bertz CT molecular complexity index is 392. The van der Waals surface area contributed by atoms with Gasteiger partial charge in [0.25, 0.3) is 0 Å². The summed E-state index contributed by atoms with van der Waals surface area (Å²) in [6.07, 6.45) is 0.959. The van der Waals surface area contributed by atoms with Crippen LogP contribution in [0.1, 0.15) is 0 Å². The van der Waals surface area contributed by atoms with E-state index in [-0.39, 0.29) is 4.77 Å². The summed E-state index contributed by atoms with van der Waals surface area (Å²) in [7, 11) is 0. The van der Waals surface area contributed by atoms with Crippen LogP contribution in [-0.4, -0.2) is 14.9 Å². The molecule has 0 aliphatic carbocycles. The van der Waals surface area contributed by atoms with E-state index < -0.39 is 16.2 Å². The Balaban J connectivity index is 3.43. The Labute approximate surface area is 65.0 Å². The molecule has 0 bridgehead atoms. The fourth-order valence-corrected chi connectivity index (χ4v) is 0.690. The summed E-state index contributed by atoms with van der Waals surface area (Å²) in [5.74, 6) is 0. The number of nitrogens with zero attached hydrogens (tertiary/aromatic N) is 1. The van der Waals surface area contributed by atoms with Gasteiger partial charge in [-0.1, -0.05) is 0 Å². The summed E-state index contributed by atoms with van der Waals surface area (Å²) in [6, 6.07) is 0. The molecule has 0 atom stereocenters. The third kappa shape index (κ3) is 1.49. The highest BCUT2D eigenvalue weighted by molar-refractivity contribution is 7.71. The van der Waals surface area contributed by atoms with Gasteiger partial charge in [0, 0.05) is 0 Å². The van der Waals surface area contributed by atoms with Crippen molar-refractivity contribution in [3.63, 3.8) is 0 Å². The van der Waals surface area contributed by atoms with Crippen LogP contribution in [0.4, 0.5) is 5.69 Å². The smallest absolute Gasteiger partial charge is 0.333 e. The molecule has 11 heavy (non-hydrogen) atoms. The average Bonchev–Trinajstić information content (AvgIpc) is 1.85. The van der Waals surface area contributed by atoms with E-state index in [0.29, 0.717) is 0 Å². The Hall–Kier alpha value is -1.50. The molecule has 0 aromatic carbocycles. The molecular formula is C4H3N3O3S. The molecule has 6 nitrogen and oxygen atoms in total. The van der Waals surface area contributed by atoms with Gasteiger partial charge in [-0.3, -0.25) is 19.9 Å². The monoisotopic (exact) mass is 173 g/mol. The normalized spacial score (nSPS) is 9.45. The minimum atomic E-state index is -0.793. The van der Waals surface area contributed by atoms with Crippen molar-refractivity contribution < 1.29 is 4.92 Å². The molecule has 7 heteroatoms. The summed E-state index contributed by atoms with van der Waals surface area (Å²) in [6.45, 7) is 0. The SMILES string of the molecule is O=c1[nH]c(=S)[nH]cc1[N+](=O)[O-]. The Morgan fingerprint density at radius 1 is 1.64 bits per heavy atom. The van der Waals surface area contributed by atoms with Crippen molar-refractivity contribution in [2.24, 2.45) is 0 Å². The van der Waals surface area contributed by atoms with Crippen LogP contribution in [0.25, 0.3) is 0 Å². The zero-order chi connectivity index (χ0) is 8.43. The summed E-state index contributed by atoms with van der Waals surface area (Å²) in [4.78, 5) is 24.4. The molecule has 0 fully saturated rings. The number of aromatic amines is 2. The van der Waals surface area contributed by atoms with Crippen LogP contribution >= 0.6 is 12.2 Å². The molecule has 0 saturated heterocycles. The molecule has 0 radical (unpaired) electrons. The lowest BCUT2D eigenvalue weighted by atomic mass is 10.5. The van der Waals surface area contributed by atoms with E-state index in [1.165, 1.54) is 0 Å². The van der Waals surface area contributed by atoms with Crippen LogP contribution in [-0.2, 0) is 0 Å². The van der Waals surface area contributed by atoms with Crippen LogP contribution < -0.4 is 5.56 Å². The minimum Gasteiger partial charge on any atom is -0.333 e. The van der Waals surface area contributed by atoms with Crippen LogP contribution in [0.5, 0.6) is 0 Å². The fraction of sp³-hybridized carbons (Fsp3) is 0. The van der Waals surface area contributed by atoms with Gasteiger partial charge < -0.3 is 4.98 Å². The van der Waals surface area contributed by atoms with E-state index >= 15 is 0 Å². The highest BCUT2D eigenvalue weighted by Gasteiger charge is 2.09. The molecule has 1 heterocycles. The van der Waals surface area contributed by atoms with Crippen molar-refractivity contribution in [3.05, 3.63) is 31.4 Å². The van der Waals surface area contributed by atoms with Gasteiger partial charge >= 0.3 is 11.2 Å². The molecule has 1 aromatic heterocycles. The van der Waals surface area contributed by atoms with Crippen molar-refractivity contribution in [2.45, 2.75) is 0 Å². The van der Waals surface area contributed by atoms with Gasteiger partial charge in [0.15, 0.2) is 4.77 Å². The van der Waals surface area contributed by atoms with E-state index in [1.54, 1.807) is 0 Å². The van der Waals surface area contributed by atoms with Gasteiger partial charge in [-0.15, -0.1) is 0 Å². The summed E-state index contributed by atoms with van der Waals surface area (Å²) >= 11 is 4.51. The van der Waals surface area contributed by atoms with Gasteiger partial charge in [0.2, 0.25) is 0 Å². The summed E-state index contributed by atoms with van der Waals surface area (Å²) < 4.78 is 0.0700. The minimum absolute atomic E-state index is 0.0700. The van der Waals surface area contributed by atoms with Gasteiger partial charge in [0.05, 0.1) is 11.1 Å². The van der Waals surface area contributed by atoms with Gasteiger partial charge in [0.1, 0.15) is 0 Å². The molecule has 0 unspecified atom stereocenters. The first kappa shape index (κ1) is 7.61. The molecule has 0 saturated carbocycles. The first-order chi connectivity index (χ1) is 5.11. The second-order valence-electron chi connectivity index (χ2n) is 1.71. The lowest BCUT2D eigenvalue weighted by Gasteiger charge is -1.87. The Morgan fingerprint density at radius 3 is 2.73 bits per heavy atom. The maximum absolute atomic E-state index is 10.7. The molecule has 0 spiro atoms. The van der Waals surface area contributed by atoms with Crippen molar-refractivity contribution in [3.8, 4) is 0 Å². The first-order valence-electron chi connectivity index (χ1n) is 2.57. The zero-order valence-electron chi connectivity index (χ0n) is 5.16. The second kappa shape index (κ2) is 2.62. The molecule has 1 rings (SSSR count). The Kier molecular flexibility index (Phi) is 1.81. The summed E-state index contributed by atoms with van der Waals surface area (Å²) in [5, 5.41) is 10.1. The first-order valence-corrected chi connectivity index (χ1v) is 2.98. The third-order valence-corrected chi connectivity index (χ3v) is 1.22. The fourth-order valence-electron chi connectivity index (χ4n) is 0.538. The van der Waals surface area contributed by atoms with Crippen molar-refractivity contribution >= 4 is 17.9 Å². The molecule has 1 aromatic rings. The van der Waals surface area contributed by atoms with E-state index in [1.807, 2.05) is 0 Å². The van der Waals surface area contributed by atoms with Crippen LogP contribution in [0.15, 0.2) is 11.0 Å². The second-order valence-corrected chi connectivity index (χ2v) is 2.12. The predicted molar refractivity (Wildman–Crippen MR) is 38.9 cm³/mol. The quantitative estimate of drug-likeness (QED) is 0.364. The van der Waals surface area contributed by atoms with Gasteiger partial charge in [-0.25, -0.2) is 0 Å². The maximum atomic E-state index is 10.7. The highest BCUT2D eigenvalue weighted by Crippen LogP contribution is 1.96. The largest absolute Gasteiger partial charge is 0.349 e. The third-order valence-electron chi connectivity index (χ3n) is 0.996. The zero-order valence-corrected chi connectivity index (χ0v) is 5.97. The topological polar surface area (TPSA) is 91.8 Å². The molecule has 0 aliphatic heterocycles. The lowest BCUT2D eigenvalue weighted by molar-refractivity contribution is -0.386. The Morgan fingerprint density at radius 2 is 2.27 bits per heavy atom. The number of H-pyrrole nitrogens is 2. The number of nitro groups is 1. The van der Waals surface area contributed by atoms with Crippen LogP contribution in [0.2, 0.25) is 0 Å². The van der Waals surface area contributed by atoms with E-state index in [9.17, 15) is 14.9 Å². The molecule has 58 valence electrons. The van der Waals surface area contributed by atoms with Crippen molar-refractivity contribution in [1.82, 2.24) is 9.97 Å². The number of rotatable bonds is 1. The molecule has 0 aliphatic rings. The molecule has 2 N–H and O–H groups in total. The van der Waals surface area contributed by atoms with Crippen LogP contribution in [0, 0.1) is 14.9 Å².